The van der Waals surface area contributed by atoms with E-state index >= 15 is 0 Å². The largest absolute Gasteiger partial charge is 0.507 e. The van der Waals surface area contributed by atoms with E-state index in [-0.39, 0.29) is 11.4 Å². The second kappa shape index (κ2) is 7.87. The van der Waals surface area contributed by atoms with Gasteiger partial charge in [0.2, 0.25) is 5.91 Å². The van der Waals surface area contributed by atoms with E-state index in [1.807, 2.05) is 0 Å². The zero-order valence-electron chi connectivity index (χ0n) is 12.9. The molecule has 6 nitrogen and oxygen atoms in total. The van der Waals surface area contributed by atoms with Crippen LogP contribution in [0.25, 0.3) is 0 Å². The van der Waals surface area contributed by atoms with Gasteiger partial charge in [0.25, 0.3) is 5.91 Å². The number of nitrogens with one attached hydrogen (secondary N) is 2. The molecule has 7 heteroatoms. The predicted octanol–water partition coefficient (Wildman–Crippen LogP) is 2.26. The summed E-state index contributed by atoms with van der Waals surface area (Å²) in [4.78, 5) is 23.9. The summed E-state index contributed by atoms with van der Waals surface area (Å²) in [5, 5.41) is 15.6. The van der Waals surface area contributed by atoms with E-state index < -0.39 is 23.5 Å². The van der Waals surface area contributed by atoms with Crippen molar-refractivity contribution < 1.29 is 19.1 Å². The normalized spacial score (nSPS) is 11.9. The zero-order valence-corrected chi connectivity index (χ0v) is 12.9. The number of nitrogens with zero attached hydrogens (tertiary/aromatic N) is 1. The van der Waals surface area contributed by atoms with Gasteiger partial charge in [-0.15, -0.1) is 0 Å². The third-order valence-electron chi connectivity index (χ3n) is 3.23. The maximum atomic E-state index is 13.5. The van der Waals surface area contributed by atoms with Crippen LogP contribution in [0.5, 0.6) is 5.75 Å². The van der Waals surface area contributed by atoms with E-state index in [4.69, 9.17) is 0 Å². The molecule has 2 aromatic rings. The molecule has 0 radical (unpaired) electrons. The molecule has 2 rings (SSSR count). The minimum absolute atomic E-state index is 0.000130. The van der Waals surface area contributed by atoms with Gasteiger partial charge in [-0.3, -0.25) is 9.59 Å². The Bertz CT molecular complexity index is 777. The van der Waals surface area contributed by atoms with Crippen LogP contribution in [0.1, 0.15) is 12.5 Å². The van der Waals surface area contributed by atoms with Gasteiger partial charge in [0.05, 0.1) is 11.9 Å². The lowest BCUT2D eigenvalue weighted by molar-refractivity contribution is -0.131. The van der Waals surface area contributed by atoms with Crippen LogP contribution in [-0.4, -0.2) is 23.1 Å². The van der Waals surface area contributed by atoms with E-state index in [2.05, 4.69) is 15.8 Å². The Labute approximate surface area is 138 Å². The average Bonchev–Trinajstić information content (AvgIpc) is 2.57. The highest BCUT2D eigenvalue weighted by Gasteiger charge is 2.22. The molecule has 0 saturated carbocycles. The first-order chi connectivity index (χ1) is 11.5. The van der Waals surface area contributed by atoms with E-state index in [1.165, 1.54) is 37.4 Å². The van der Waals surface area contributed by atoms with E-state index in [9.17, 15) is 19.1 Å². The smallest absolute Gasteiger partial charge is 0.252 e. The molecule has 1 unspecified atom stereocenters. The monoisotopic (exact) mass is 329 g/mol. The van der Waals surface area contributed by atoms with E-state index in [1.54, 1.807) is 24.3 Å². The average molecular weight is 329 g/mol. The van der Waals surface area contributed by atoms with Gasteiger partial charge in [0.1, 0.15) is 17.5 Å². The number of hydrogen-bond donors (Lipinski definition) is 3. The first kappa shape index (κ1) is 17.1. The number of halogens is 1. The summed E-state index contributed by atoms with van der Waals surface area (Å²) in [6.45, 7) is 1.38. The zero-order chi connectivity index (χ0) is 17.5. The highest BCUT2D eigenvalue weighted by molar-refractivity contribution is 6.06. The van der Waals surface area contributed by atoms with Gasteiger partial charge in [0.15, 0.2) is 0 Å². The minimum atomic E-state index is -1.08. The highest BCUT2D eigenvalue weighted by Crippen LogP contribution is 2.14. The van der Waals surface area contributed by atoms with Crippen molar-refractivity contribution in [2.24, 2.45) is 11.0 Å². The third kappa shape index (κ3) is 4.39. The maximum absolute atomic E-state index is 13.5. The van der Waals surface area contributed by atoms with Crippen molar-refractivity contribution in [3.05, 3.63) is 59.9 Å². The number of carbonyl (C=O) groups excluding carboxylic acids is 2. The number of carbonyl (C=O) groups is 2. The summed E-state index contributed by atoms with van der Waals surface area (Å²) in [5.41, 5.74) is 2.62. The molecule has 3 N–H and O–H groups in total. The maximum Gasteiger partial charge on any atom is 0.252 e. The van der Waals surface area contributed by atoms with E-state index in [0.29, 0.717) is 5.56 Å². The second-order valence-corrected chi connectivity index (χ2v) is 4.98. The van der Waals surface area contributed by atoms with Crippen molar-refractivity contribution in [2.75, 3.05) is 5.32 Å². The van der Waals surface area contributed by atoms with Gasteiger partial charge in [-0.1, -0.05) is 24.3 Å². The Kier molecular flexibility index (Phi) is 5.62. The summed E-state index contributed by atoms with van der Waals surface area (Å²) in [6, 6.07) is 12.1. The molecule has 1 atom stereocenters. The van der Waals surface area contributed by atoms with Crippen LogP contribution in [0.15, 0.2) is 53.6 Å². The number of para-hydroxylation sites is 2. The Morgan fingerprint density at radius 2 is 1.79 bits per heavy atom. The molecule has 0 aromatic heterocycles. The van der Waals surface area contributed by atoms with Crippen molar-refractivity contribution in [1.82, 2.24) is 5.43 Å². The molecule has 0 spiro atoms. The Hall–Kier alpha value is -3.22. The SMILES string of the molecule is CC(C(=O)N/N=C/c1ccccc1O)C(=O)Nc1ccccc1F. The number of anilines is 1. The highest BCUT2D eigenvalue weighted by atomic mass is 19.1. The number of phenolic OH excluding ortho intramolecular Hbond substituents is 1. The molecule has 0 heterocycles. The van der Waals surface area contributed by atoms with Gasteiger partial charge in [0, 0.05) is 5.56 Å². The molecule has 2 amide bonds. The fourth-order valence-corrected chi connectivity index (χ4v) is 1.78. The molecule has 0 aliphatic carbocycles. The van der Waals surface area contributed by atoms with Gasteiger partial charge < -0.3 is 10.4 Å². The Balaban J connectivity index is 1.93. The van der Waals surface area contributed by atoms with Crippen molar-refractivity contribution in [1.29, 1.82) is 0 Å². The molecule has 0 bridgehead atoms. The Morgan fingerprint density at radius 1 is 1.12 bits per heavy atom. The standard InChI is InChI=1S/C17H16FN3O3/c1-11(16(23)20-14-8-4-3-7-13(14)18)17(24)21-19-10-12-6-2-5-9-15(12)22/h2-11,22H,1H3,(H,20,23)(H,21,24)/b19-10+. The third-order valence-corrected chi connectivity index (χ3v) is 3.23. The second-order valence-electron chi connectivity index (χ2n) is 4.98. The predicted molar refractivity (Wildman–Crippen MR) is 88.0 cm³/mol. The fraction of sp³-hybridized carbons (Fsp3) is 0.118. The number of amides is 2. The van der Waals surface area contributed by atoms with Crippen LogP contribution >= 0.6 is 0 Å². The molecule has 24 heavy (non-hydrogen) atoms. The number of phenols is 1. The summed E-state index contributed by atoms with van der Waals surface area (Å²) in [5.74, 6) is -2.96. The minimum Gasteiger partial charge on any atom is -0.507 e. The summed E-state index contributed by atoms with van der Waals surface area (Å²) in [7, 11) is 0. The Morgan fingerprint density at radius 3 is 2.50 bits per heavy atom. The summed E-state index contributed by atoms with van der Waals surface area (Å²) < 4.78 is 13.5. The lowest BCUT2D eigenvalue weighted by Gasteiger charge is -2.11. The van der Waals surface area contributed by atoms with Crippen molar-refractivity contribution in [3.8, 4) is 5.75 Å². The quantitative estimate of drug-likeness (QED) is 0.446. The lowest BCUT2D eigenvalue weighted by atomic mass is 10.1. The number of benzene rings is 2. The molecule has 0 fully saturated rings. The number of rotatable bonds is 5. The van der Waals surface area contributed by atoms with Crippen LogP contribution in [0.3, 0.4) is 0 Å². The molecule has 124 valence electrons. The van der Waals surface area contributed by atoms with Crippen LogP contribution in [0, 0.1) is 11.7 Å². The van der Waals surface area contributed by atoms with Crippen molar-refractivity contribution in [3.63, 3.8) is 0 Å². The van der Waals surface area contributed by atoms with Crippen LogP contribution in [0.2, 0.25) is 0 Å². The van der Waals surface area contributed by atoms with Gasteiger partial charge >= 0.3 is 0 Å². The lowest BCUT2D eigenvalue weighted by Crippen LogP contribution is -2.34. The first-order valence-corrected chi connectivity index (χ1v) is 7.15. The first-order valence-electron chi connectivity index (χ1n) is 7.15. The molecule has 2 aromatic carbocycles. The van der Waals surface area contributed by atoms with Crippen LogP contribution in [-0.2, 0) is 9.59 Å². The topological polar surface area (TPSA) is 90.8 Å². The van der Waals surface area contributed by atoms with Gasteiger partial charge in [-0.25, -0.2) is 9.82 Å². The molecular weight excluding hydrogens is 313 g/mol. The molecular formula is C17H16FN3O3. The number of hydrazone groups is 1. The van der Waals surface area contributed by atoms with Crippen LogP contribution < -0.4 is 10.7 Å². The number of aromatic hydroxyl groups is 1. The summed E-state index contributed by atoms with van der Waals surface area (Å²) in [6.07, 6.45) is 1.26. The van der Waals surface area contributed by atoms with Gasteiger partial charge in [-0.2, -0.15) is 5.10 Å². The van der Waals surface area contributed by atoms with Gasteiger partial charge in [-0.05, 0) is 31.2 Å². The fourth-order valence-electron chi connectivity index (χ4n) is 1.78. The number of hydrogen-bond acceptors (Lipinski definition) is 4. The molecule has 0 aliphatic rings. The van der Waals surface area contributed by atoms with Crippen molar-refractivity contribution in [2.45, 2.75) is 6.92 Å². The molecule has 0 saturated heterocycles. The molecule has 0 aliphatic heterocycles. The summed E-state index contributed by atoms with van der Waals surface area (Å²) >= 11 is 0. The van der Waals surface area contributed by atoms with Crippen molar-refractivity contribution >= 4 is 23.7 Å². The van der Waals surface area contributed by atoms with E-state index in [0.717, 1.165) is 0 Å². The van der Waals surface area contributed by atoms with Crippen LogP contribution in [0.4, 0.5) is 10.1 Å².